The van der Waals surface area contributed by atoms with Gasteiger partial charge in [-0.2, -0.15) is 0 Å². The monoisotopic (exact) mass is 640 g/mol. The van der Waals surface area contributed by atoms with E-state index in [0.29, 0.717) is 25.0 Å². The Morgan fingerprint density at radius 1 is 1.07 bits per heavy atom. The third-order valence-electron chi connectivity index (χ3n) is 8.65. The molecule has 3 aliphatic heterocycles. The van der Waals surface area contributed by atoms with Gasteiger partial charge in [0.2, 0.25) is 0 Å². The van der Waals surface area contributed by atoms with Gasteiger partial charge in [0.15, 0.2) is 11.5 Å². The molecule has 2 aromatic carbocycles. The number of rotatable bonds is 9. The van der Waals surface area contributed by atoms with E-state index in [2.05, 4.69) is 17.0 Å². The van der Waals surface area contributed by atoms with Gasteiger partial charge in [-0.25, -0.2) is 22.3 Å². The first-order valence-corrected chi connectivity index (χ1v) is 16.2. The molecule has 13 heteroatoms. The van der Waals surface area contributed by atoms with Crippen LogP contribution in [0.4, 0.5) is 0 Å². The van der Waals surface area contributed by atoms with Crippen LogP contribution in [0, 0.1) is 0 Å². The first-order valence-electron chi connectivity index (χ1n) is 14.7. The molecule has 1 spiro atoms. The van der Waals surface area contributed by atoms with Crippen molar-refractivity contribution in [1.82, 2.24) is 9.21 Å². The number of ether oxygens (including phenoxy) is 2. The van der Waals surface area contributed by atoms with Crippen LogP contribution in [-0.2, 0) is 31.6 Å². The molecule has 12 nitrogen and oxygen atoms in total. The maximum Gasteiger partial charge on any atom is 0.328 e. The number of carboxylic acids is 2. The second-order valence-corrected chi connectivity index (χ2v) is 13.2. The molecule has 2 aromatic rings. The fourth-order valence-corrected chi connectivity index (χ4v) is 8.16. The lowest BCUT2D eigenvalue weighted by Gasteiger charge is -2.36. The van der Waals surface area contributed by atoms with Crippen molar-refractivity contribution in [2.75, 3.05) is 26.7 Å². The summed E-state index contributed by atoms with van der Waals surface area (Å²) in [7, 11) is -2.08. The number of methoxy groups -OCH3 is 1. The number of hydrogen-bond donors (Lipinski definition) is 3. The van der Waals surface area contributed by atoms with Gasteiger partial charge in [0.25, 0.3) is 15.9 Å². The van der Waals surface area contributed by atoms with E-state index in [4.69, 9.17) is 19.7 Å². The van der Waals surface area contributed by atoms with Crippen molar-refractivity contribution in [3.05, 3.63) is 77.4 Å². The number of aliphatic carboxylic acids is 2. The van der Waals surface area contributed by atoms with Crippen molar-refractivity contribution < 1.29 is 47.6 Å². The van der Waals surface area contributed by atoms with Gasteiger partial charge in [-0.3, -0.25) is 9.69 Å². The number of nitrogens with zero attached hydrogens (tertiary/aromatic N) is 2. The molecule has 3 N–H and O–H groups in total. The Morgan fingerprint density at radius 2 is 1.78 bits per heavy atom. The number of aliphatic hydroxyl groups is 1. The first-order chi connectivity index (χ1) is 21.5. The van der Waals surface area contributed by atoms with Gasteiger partial charge in [-0.05, 0) is 56.1 Å². The van der Waals surface area contributed by atoms with Crippen LogP contribution in [0.15, 0.2) is 65.6 Å². The number of amides is 1. The predicted octanol–water partition coefficient (Wildman–Crippen LogP) is 2.95. The fourth-order valence-electron chi connectivity index (χ4n) is 6.55. The first kappa shape index (κ1) is 32.2. The Kier molecular flexibility index (Phi) is 9.33. The Bertz CT molecular complexity index is 1640. The van der Waals surface area contributed by atoms with Gasteiger partial charge in [0, 0.05) is 37.2 Å². The molecule has 240 valence electrons. The van der Waals surface area contributed by atoms with Gasteiger partial charge >= 0.3 is 11.9 Å². The molecule has 0 radical (unpaired) electrons. The molecule has 0 saturated heterocycles. The van der Waals surface area contributed by atoms with Gasteiger partial charge in [-0.15, -0.1) is 0 Å². The summed E-state index contributed by atoms with van der Waals surface area (Å²) in [6, 6.07) is 10.5. The molecule has 3 heterocycles. The number of hydrogen-bond acceptors (Lipinski definition) is 9. The summed E-state index contributed by atoms with van der Waals surface area (Å²) < 4.78 is 38.5. The van der Waals surface area contributed by atoms with Crippen LogP contribution < -0.4 is 9.47 Å². The molecular formula is C32H36N2O10S. The molecule has 1 amide bonds. The van der Waals surface area contributed by atoms with Crippen LogP contribution in [0.1, 0.15) is 53.6 Å². The summed E-state index contributed by atoms with van der Waals surface area (Å²) in [4.78, 5) is 34.3. The largest absolute Gasteiger partial charge is 0.493 e. The minimum absolute atomic E-state index is 0.110. The third-order valence-corrected chi connectivity index (χ3v) is 10.5. The molecule has 45 heavy (non-hydrogen) atoms. The number of carbonyl (C=O) groups is 3. The Hall–Kier alpha value is -4.20. The highest BCUT2D eigenvalue weighted by Crippen LogP contribution is 2.55. The summed E-state index contributed by atoms with van der Waals surface area (Å²) in [6.45, 7) is 2.78. The van der Waals surface area contributed by atoms with Crippen molar-refractivity contribution in [3.63, 3.8) is 0 Å². The number of fused-ring (bicyclic) bond motifs is 1. The quantitative estimate of drug-likeness (QED) is 0.209. The van der Waals surface area contributed by atoms with E-state index in [9.17, 15) is 27.9 Å². The minimum atomic E-state index is -3.74. The predicted molar refractivity (Wildman–Crippen MR) is 162 cm³/mol. The molecule has 0 aromatic heterocycles. The molecule has 6 rings (SSSR count). The fraction of sp³-hybridized carbons (Fsp3) is 0.406. The molecule has 0 fully saturated rings. The number of carbonyl (C=O) groups excluding carboxylic acids is 1. The third kappa shape index (κ3) is 6.33. The van der Waals surface area contributed by atoms with E-state index in [1.165, 1.54) is 17.2 Å². The van der Waals surface area contributed by atoms with Crippen molar-refractivity contribution in [1.29, 1.82) is 0 Å². The van der Waals surface area contributed by atoms with Crippen molar-refractivity contribution in [3.8, 4) is 11.5 Å². The number of benzene rings is 2. The molecule has 1 aliphatic carbocycles. The lowest BCUT2D eigenvalue weighted by molar-refractivity contribution is -0.134. The minimum Gasteiger partial charge on any atom is -0.493 e. The highest BCUT2D eigenvalue weighted by Gasteiger charge is 2.52. The Balaban J connectivity index is 0.000000444. The van der Waals surface area contributed by atoms with Crippen LogP contribution in [0.2, 0.25) is 0 Å². The highest BCUT2D eigenvalue weighted by atomic mass is 32.2. The van der Waals surface area contributed by atoms with Crippen molar-refractivity contribution in [2.24, 2.45) is 0 Å². The van der Waals surface area contributed by atoms with Crippen molar-refractivity contribution >= 4 is 27.9 Å². The summed E-state index contributed by atoms with van der Waals surface area (Å²) in [5.74, 6) is -1.39. The Morgan fingerprint density at radius 3 is 2.47 bits per heavy atom. The maximum atomic E-state index is 12.8. The van der Waals surface area contributed by atoms with Gasteiger partial charge < -0.3 is 24.8 Å². The number of aliphatic hydroxyl groups excluding tert-OH is 1. The Labute approximate surface area is 261 Å². The molecule has 2 unspecified atom stereocenters. The van der Waals surface area contributed by atoms with Crippen LogP contribution in [-0.4, -0.2) is 89.7 Å². The second-order valence-electron chi connectivity index (χ2n) is 11.4. The van der Waals surface area contributed by atoms with Crippen LogP contribution in [0.25, 0.3) is 0 Å². The summed E-state index contributed by atoms with van der Waals surface area (Å²) in [6.07, 6.45) is 8.39. The SMILES string of the molecule is COc1ccc2c3c1O[C@@H]1CC(O)C=CC31CCN(CCCCCN1C(=O)c3ccccc3S1(=O)=O)C2.O=C(O)/C=C/C(=O)O. The van der Waals surface area contributed by atoms with Crippen molar-refractivity contribution in [2.45, 2.75) is 61.2 Å². The summed E-state index contributed by atoms with van der Waals surface area (Å²) in [5.41, 5.74) is 2.43. The van der Waals surface area contributed by atoms with Gasteiger partial charge in [0.05, 0.1) is 24.2 Å². The zero-order valence-corrected chi connectivity index (χ0v) is 25.6. The molecule has 0 bridgehead atoms. The van der Waals surface area contributed by atoms with Crippen LogP contribution >= 0.6 is 0 Å². The van der Waals surface area contributed by atoms with E-state index < -0.39 is 34.0 Å². The smallest absolute Gasteiger partial charge is 0.328 e. The zero-order valence-electron chi connectivity index (χ0n) is 24.8. The second kappa shape index (κ2) is 13.0. The molecular weight excluding hydrogens is 604 g/mol. The average Bonchev–Trinajstić information content (AvgIpc) is 3.36. The zero-order chi connectivity index (χ0) is 32.4. The van der Waals surface area contributed by atoms with Crippen LogP contribution in [0.5, 0.6) is 11.5 Å². The highest BCUT2D eigenvalue weighted by molar-refractivity contribution is 7.90. The number of unbranched alkanes of at least 4 members (excludes halogenated alkanes) is 2. The van der Waals surface area contributed by atoms with E-state index in [1.54, 1.807) is 25.3 Å². The number of carboxylic acid groups (broad SMARTS) is 2. The normalized spacial score (nSPS) is 24.1. The van der Waals surface area contributed by atoms with Gasteiger partial charge in [-0.1, -0.05) is 36.8 Å². The number of sulfonamides is 1. The van der Waals surface area contributed by atoms with E-state index in [1.807, 2.05) is 12.1 Å². The summed E-state index contributed by atoms with van der Waals surface area (Å²) >= 11 is 0. The lowest BCUT2D eigenvalue weighted by Crippen LogP contribution is -2.43. The maximum absolute atomic E-state index is 12.8. The van der Waals surface area contributed by atoms with E-state index >= 15 is 0 Å². The van der Waals surface area contributed by atoms with Gasteiger partial charge in [0.1, 0.15) is 11.0 Å². The molecule has 0 saturated carbocycles. The molecule has 3 atom stereocenters. The van der Waals surface area contributed by atoms with Crippen LogP contribution in [0.3, 0.4) is 0 Å². The average molecular weight is 641 g/mol. The molecule has 4 aliphatic rings. The topological polar surface area (TPSA) is 171 Å². The van der Waals surface area contributed by atoms with E-state index in [-0.39, 0.29) is 28.5 Å². The lowest BCUT2D eigenvalue weighted by atomic mass is 9.69. The van der Waals surface area contributed by atoms with E-state index in [0.717, 1.165) is 54.7 Å². The standard InChI is InChI=1S/C28H32N2O6S.C4H4O4/c1-35-22-10-9-19-18-29(16-13-28-12-11-20(31)17-24(28)36-26(22)25(19)28)14-5-2-6-15-30-27(32)21-7-3-4-8-23(21)37(30,33)34;5-3(6)1-2-4(7)8/h3-4,7-12,20,24,31H,2,5-6,13-18H2,1H3;1-2H,(H,5,6)(H,7,8)/b;2-1+/t20?,24-,28?;/m1./s1. The summed E-state index contributed by atoms with van der Waals surface area (Å²) in [5, 5.41) is 25.9.